The number of benzene rings is 1. The molecule has 0 saturated heterocycles. The van der Waals surface area contributed by atoms with E-state index in [1.54, 1.807) is 24.3 Å². The highest BCUT2D eigenvalue weighted by molar-refractivity contribution is 5.98. The van der Waals surface area contributed by atoms with Gasteiger partial charge >= 0.3 is 6.18 Å². The van der Waals surface area contributed by atoms with Crippen LogP contribution in [0, 0.1) is 0 Å². The third-order valence-corrected chi connectivity index (χ3v) is 5.12. The zero-order chi connectivity index (χ0) is 24.0. The average Bonchev–Trinajstić information content (AvgIpc) is 2.76. The number of nitrogens with two attached hydrogens (primary N) is 3. The van der Waals surface area contributed by atoms with Gasteiger partial charge in [0.25, 0.3) is 5.91 Å². The van der Waals surface area contributed by atoms with Gasteiger partial charge in [-0.1, -0.05) is 12.8 Å². The summed E-state index contributed by atoms with van der Waals surface area (Å²) in [6.45, 7) is 0. The molecule has 1 aliphatic rings. The third kappa shape index (κ3) is 6.65. The van der Waals surface area contributed by atoms with Gasteiger partial charge < -0.3 is 27.8 Å². The molecule has 9 nitrogen and oxygen atoms in total. The van der Waals surface area contributed by atoms with Crippen molar-refractivity contribution >= 4 is 35.3 Å². The topological polar surface area (TPSA) is 157 Å². The lowest BCUT2D eigenvalue weighted by atomic mass is 9.91. The highest BCUT2D eigenvalue weighted by Gasteiger charge is 2.30. The van der Waals surface area contributed by atoms with Crippen molar-refractivity contribution in [1.29, 1.82) is 0 Å². The first-order chi connectivity index (χ1) is 15.6. The molecular formula is C21H25F3N8O. The van der Waals surface area contributed by atoms with Gasteiger partial charge in [-0.15, -0.1) is 0 Å². The molecule has 2 atom stereocenters. The first-order valence-electron chi connectivity index (χ1n) is 10.3. The summed E-state index contributed by atoms with van der Waals surface area (Å²) in [5.41, 5.74) is 16.3. The van der Waals surface area contributed by atoms with E-state index in [4.69, 9.17) is 17.2 Å². The van der Waals surface area contributed by atoms with E-state index in [2.05, 4.69) is 25.6 Å². The quantitative estimate of drug-likeness (QED) is 0.396. The number of carbonyl (C=O) groups excluding carboxylic acids is 1. The lowest BCUT2D eigenvalue weighted by Crippen LogP contribution is -2.43. The number of nitrogens with zero attached hydrogens (tertiary/aromatic N) is 3. The van der Waals surface area contributed by atoms with E-state index in [0.717, 1.165) is 31.9 Å². The molecule has 8 N–H and O–H groups in total. The molecular weight excluding hydrogens is 437 g/mol. The van der Waals surface area contributed by atoms with Crippen molar-refractivity contribution in [3.63, 3.8) is 0 Å². The number of allylic oxidation sites excluding steroid dienone is 2. The van der Waals surface area contributed by atoms with Crippen molar-refractivity contribution in [2.75, 3.05) is 10.6 Å². The molecule has 1 fully saturated rings. The van der Waals surface area contributed by atoms with Crippen LogP contribution in [0.5, 0.6) is 0 Å². The van der Waals surface area contributed by atoms with E-state index in [9.17, 15) is 18.0 Å². The third-order valence-electron chi connectivity index (χ3n) is 5.12. The molecule has 1 amide bonds. The van der Waals surface area contributed by atoms with Crippen LogP contribution in [0.15, 0.2) is 47.2 Å². The molecule has 0 radical (unpaired) electrons. The van der Waals surface area contributed by atoms with E-state index >= 15 is 0 Å². The largest absolute Gasteiger partial charge is 0.430 e. The fourth-order valence-electron chi connectivity index (χ4n) is 3.30. The number of hydrogen-bond acceptors (Lipinski definition) is 8. The predicted octanol–water partition coefficient (Wildman–Crippen LogP) is 3.11. The van der Waals surface area contributed by atoms with Gasteiger partial charge in [0.15, 0.2) is 0 Å². The Bertz CT molecular complexity index is 1040. The number of rotatable bonds is 7. The molecule has 1 aliphatic carbocycles. The Morgan fingerprint density at radius 1 is 1.15 bits per heavy atom. The Labute approximate surface area is 188 Å². The smallest absolute Gasteiger partial charge is 0.395 e. The molecule has 2 aromatic rings. The number of aliphatic imine (C=N–C) groups is 1. The molecule has 3 rings (SSSR count). The maximum atomic E-state index is 12.4. The van der Waals surface area contributed by atoms with Crippen LogP contribution in [0.2, 0.25) is 0 Å². The van der Waals surface area contributed by atoms with Crippen molar-refractivity contribution < 1.29 is 18.0 Å². The lowest BCUT2D eigenvalue weighted by Gasteiger charge is -2.29. The van der Waals surface area contributed by atoms with Crippen molar-refractivity contribution in [2.45, 2.75) is 43.9 Å². The second-order valence-electron chi connectivity index (χ2n) is 7.59. The zero-order valence-electron chi connectivity index (χ0n) is 17.6. The normalized spacial score (nSPS) is 19.5. The average molecular weight is 462 g/mol. The van der Waals surface area contributed by atoms with Gasteiger partial charge in [-0.2, -0.15) is 18.2 Å². The highest BCUT2D eigenvalue weighted by Crippen LogP contribution is 2.25. The number of alkyl halides is 3. The van der Waals surface area contributed by atoms with E-state index in [1.165, 1.54) is 6.20 Å². The molecule has 1 heterocycles. The number of nitrogens with one attached hydrogen (secondary N) is 2. The number of anilines is 3. The van der Waals surface area contributed by atoms with Gasteiger partial charge in [0.2, 0.25) is 5.95 Å². The number of amides is 1. The van der Waals surface area contributed by atoms with Gasteiger partial charge in [0, 0.05) is 30.2 Å². The van der Waals surface area contributed by atoms with Gasteiger partial charge in [-0.05, 0) is 43.2 Å². The molecule has 1 aromatic heterocycles. The molecule has 176 valence electrons. The van der Waals surface area contributed by atoms with E-state index in [-0.39, 0.29) is 23.5 Å². The summed E-state index contributed by atoms with van der Waals surface area (Å²) in [5.74, 6) is -0.171. The van der Waals surface area contributed by atoms with Crippen LogP contribution in [0.3, 0.4) is 0 Å². The Kier molecular flexibility index (Phi) is 7.48. The lowest BCUT2D eigenvalue weighted by molar-refractivity contribution is -0.0925. The number of hydrogen-bond donors (Lipinski definition) is 5. The van der Waals surface area contributed by atoms with Crippen LogP contribution in [0.4, 0.5) is 36.3 Å². The summed E-state index contributed by atoms with van der Waals surface area (Å²) in [4.78, 5) is 24.3. The minimum absolute atomic E-state index is 0.0102. The van der Waals surface area contributed by atoms with Crippen molar-refractivity contribution in [2.24, 2.45) is 22.2 Å². The highest BCUT2D eigenvalue weighted by atomic mass is 19.4. The second-order valence-corrected chi connectivity index (χ2v) is 7.59. The van der Waals surface area contributed by atoms with Crippen molar-refractivity contribution in [3.05, 3.63) is 47.8 Å². The number of aromatic nitrogens is 2. The summed E-state index contributed by atoms with van der Waals surface area (Å²) < 4.78 is 37.2. The minimum Gasteiger partial charge on any atom is -0.395 e. The van der Waals surface area contributed by atoms with Crippen LogP contribution in [0.25, 0.3) is 0 Å². The maximum absolute atomic E-state index is 12.4. The molecule has 1 saturated carbocycles. The Morgan fingerprint density at radius 2 is 1.85 bits per heavy atom. The Balaban J connectivity index is 1.74. The van der Waals surface area contributed by atoms with Gasteiger partial charge in [0.05, 0.1) is 5.69 Å². The van der Waals surface area contributed by atoms with E-state index in [1.807, 2.05) is 0 Å². The molecule has 33 heavy (non-hydrogen) atoms. The van der Waals surface area contributed by atoms with Crippen LogP contribution in [-0.4, -0.2) is 40.3 Å². The Hall–Kier alpha value is -3.67. The fraction of sp³-hybridized carbons (Fsp3) is 0.333. The van der Waals surface area contributed by atoms with Crippen LogP contribution >= 0.6 is 0 Å². The van der Waals surface area contributed by atoms with E-state index < -0.39 is 17.8 Å². The van der Waals surface area contributed by atoms with E-state index in [0.29, 0.717) is 23.4 Å². The number of primary amides is 1. The Morgan fingerprint density at radius 3 is 2.48 bits per heavy atom. The minimum atomic E-state index is -4.61. The number of carbonyl (C=O) groups is 1. The first kappa shape index (κ1) is 24.0. The molecule has 0 aliphatic heterocycles. The molecule has 0 bridgehead atoms. The molecule has 0 spiro atoms. The fourth-order valence-corrected chi connectivity index (χ4v) is 3.30. The van der Waals surface area contributed by atoms with Gasteiger partial charge in [0.1, 0.15) is 17.1 Å². The summed E-state index contributed by atoms with van der Waals surface area (Å²) >= 11 is 0. The van der Waals surface area contributed by atoms with Crippen LogP contribution in [-0.2, 0) is 0 Å². The monoisotopic (exact) mass is 462 g/mol. The van der Waals surface area contributed by atoms with Crippen molar-refractivity contribution in [1.82, 2.24) is 9.97 Å². The molecule has 0 unspecified atom stereocenters. The number of halogens is 3. The first-order valence-corrected chi connectivity index (χ1v) is 10.3. The van der Waals surface area contributed by atoms with Gasteiger partial charge in [-0.25, -0.2) is 4.98 Å². The van der Waals surface area contributed by atoms with Gasteiger partial charge in [-0.3, -0.25) is 9.79 Å². The van der Waals surface area contributed by atoms with Crippen molar-refractivity contribution in [3.8, 4) is 0 Å². The second kappa shape index (κ2) is 10.3. The molecule has 1 aromatic carbocycles. The SMILES string of the molecule is NC(=O)c1cnc(N[C@@H]2CCCC[C@@H]2N)nc1Nc1ccc(N=CC=C(N)C(F)(F)F)cc1. The summed E-state index contributed by atoms with van der Waals surface area (Å²) in [6, 6.07) is 6.41. The molecule has 12 heteroatoms. The van der Waals surface area contributed by atoms with Crippen LogP contribution in [0.1, 0.15) is 36.0 Å². The predicted molar refractivity (Wildman–Crippen MR) is 121 cm³/mol. The summed E-state index contributed by atoms with van der Waals surface area (Å²) in [5, 5.41) is 6.23. The standard InChI is InChI=1S/C21H25F3N8O/c22-21(23,24)17(26)9-10-28-12-5-7-13(8-6-12)30-19-14(18(27)33)11-29-20(32-19)31-16-4-2-1-3-15(16)25/h5-11,15-16H,1-4,25-26H2,(H2,27,33)(H2,29,30,31,32)/t15-,16+/m0/s1. The zero-order valence-corrected chi connectivity index (χ0v) is 17.6. The maximum Gasteiger partial charge on any atom is 0.430 e. The van der Waals surface area contributed by atoms with Crippen LogP contribution < -0.4 is 27.8 Å². The summed E-state index contributed by atoms with van der Waals surface area (Å²) in [7, 11) is 0. The summed E-state index contributed by atoms with van der Waals surface area (Å²) in [6.07, 6.45) is 2.33.